The predicted molar refractivity (Wildman–Crippen MR) is 84.9 cm³/mol. The molecule has 0 aromatic heterocycles. The van der Waals surface area contributed by atoms with E-state index in [1.807, 2.05) is 25.1 Å². The van der Waals surface area contributed by atoms with Crippen molar-refractivity contribution in [1.29, 1.82) is 0 Å². The van der Waals surface area contributed by atoms with Crippen LogP contribution in [0.1, 0.15) is 25.5 Å². The number of para-hydroxylation sites is 2. The smallest absolute Gasteiger partial charge is 0.221 e. The summed E-state index contributed by atoms with van der Waals surface area (Å²) in [6.07, 6.45) is 0. The van der Waals surface area contributed by atoms with E-state index in [0.717, 1.165) is 5.56 Å². The van der Waals surface area contributed by atoms with Gasteiger partial charge in [0.1, 0.15) is 5.75 Å². The lowest BCUT2D eigenvalue weighted by molar-refractivity contribution is -0.114. The zero-order chi connectivity index (χ0) is 15.4. The van der Waals surface area contributed by atoms with Crippen LogP contribution in [-0.2, 0) is 4.79 Å². The van der Waals surface area contributed by atoms with E-state index in [9.17, 15) is 4.79 Å². The Morgan fingerprint density at radius 3 is 2.62 bits per heavy atom. The highest BCUT2D eigenvalue weighted by Crippen LogP contribution is 2.32. The van der Waals surface area contributed by atoms with Crippen LogP contribution in [0.4, 0.5) is 5.69 Å². The number of hydrogen-bond donors (Lipinski definition) is 2. The van der Waals surface area contributed by atoms with E-state index in [-0.39, 0.29) is 11.9 Å². The summed E-state index contributed by atoms with van der Waals surface area (Å²) in [6.45, 7) is 3.32. The van der Waals surface area contributed by atoms with Crippen LogP contribution < -0.4 is 15.8 Å². The molecule has 1 amide bonds. The van der Waals surface area contributed by atoms with Gasteiger partial charge >= 0.3 is 0 Å². The average Bonchev–Trinajstić information content (AvgIpc) is 2.40. The summed E-state index contributed by atoms with van der Waals surface area (Å²) in [5.41, 5.74) is 7.29. The van der Waals surface area contributed by atoms with Crippen LogP contribution in [0.2, 0.25) is 5.02 Å². The number of halogens is 1. The molecule has 0 aliphatic heterocycles. The molecule has 21 heavy (non-hydrogen) atoms. The molecule has 5 heteroatoms. The topological polar surface area (TPSA) is 64.3 Å². The molecule has 4 nitrogen and oxygen atoms in total. The summed E-state index contributed by atoms with van der Waals surface area (Å²) in [5, 5.41) is 3.28. The molecule has 3 N–H and O–H groups in total. The van der Waals surface area contributed by atoms with E-state index in [1.165, 1.54) is 6.92 Å². The molecule has 0 radical (unpaired) electrons. The normalized spacial score (nSPS) is 11.8. The third-order valence-electron chi connectivity index (χ3n) is 2.89. The molecule has 2 aromatic carbocycles. The van der Waals surface area contributed by atoms with Crippen molar-refractivity contribution in [3.05, 3.63) is 53.1 Å². The molecule has 2 aromatic rings. The lowest BCUT2D eigenvalue weighted by Gasteiger charge is -2.13. The van der Waals surface area contributed by atoms with Crippen LogP contribution in [0.25, 0.3) is 0 Å². The molecule has 2 rings (SSSR count). The second kappa shape index (κ2) is 6.61. The summed E-state index contributed by atoms with van der Waals surface area (Å²) in [5.74, 6) is 0.982. The van der Waals surface area contributed by atoms with E-state index in [2.05, 4.69) is 5.32 Å². The highest BCUT2D eigenvalue weighted by molar-refractivity contribution is 6.31. The largest absolute Gasteiger partial charge is 0.455 e. The molecular formula is C16H17ClN2O2. The Bertz CT molecular complexity index is 656. The molecule has 0 saturated carbocycles. The number of amides is 1. The van der Waals surface area contributed by atoms with Crippen LogP contribution >= 0.6 is 11.6 Å². The van der Waals surface area contributed by atoms with Crippen LogP contribution in [0.3, 0.4) is 0 Å². The van der Waals surface area contributed by atoms with Crippen molar-refractivity contribution >= 4 is 23.2 Å². The molecule has 0 saturated heterocycles. The second-order valence-corrected chi connectivity index (χ2v) is 5.16. The van der Waals surface area contributed by atoms with Crippen molar-refractivity contribution in [2.75, 3.05) is 5.32 Å². The van der Waals surface area contributed by atoms with Crippen molar-refractivity contribution < 1.29 is 9.53 Å². The monoisotopic (exact) mass is 304 g/mol. The molecular weight excluding hydrogens is 288 g/mol. The van der Waals surface area contributed by atoms with Crippen molar-refractivity contribution in [1.82, 2.24) is 0 Å². The van der Waals surface area contributed by atoms with Gasteiger partial charge in [-0.15, -0.1) is 0 Å². The fourth-order valence-electron chi connectivity index (χ4n) is 1.92. The quantitative estimate of drug-likeness (QED) is 0.893. The van der Waals surface area contributed by atoms with Gasteiger partial charge in [0.2, 0.25) is 5.91 Å². The van der Waals surface area contributed by atoms with E-state index in [4.69, 9.17) is 22.1 Å². The van der Waals surface area contributed by atoms with Crippen molar-refractivity contribution in [2.24, 2.45) is 5.73 Å². The number of nitrogens with one attached hydrogen (secondary N) is 1. The van der Waals surface area contributed by atoms with Gasteiger partial charge in [0.25, 0.3) is 0 Å². The minimum atomic E-state index is -0.156. The Kier molecular flexibility index (Phi) is 4.83. The molecule has 110 valence electrons. The lowest BCUT2D eigenvalue weighted by atomic mass is 10.1. The molecule has 0 aliphatic rings. The fourth-order valence-corrected chi connectivity index (χ4v) is 2.26. The van der Waals surface area contributed by atoms with Crippen molar-refractivity contribution in [2.45, 2.75) is 19.9 Å². The number of carbonyl (C=O) groups is 1. The van der Waals surface area contributed by atoms with Gasteiger partial charge in [-0.25, -0.2) is 0 Å². The summed E-state index contributed by atoms with van der Waals surface area (Å²) < 4.78 is 5.79. The summed E-state index contributed by atoms with van der Waals surface area (Å²) in [4.78, 5) is 11.2. The van der Waals surface area contributed by atoms with Gasteiger partial charge in [0.15, 0.2) is 5.75 Å². The van der Waals surface area contributed by atoms with Crippen LogP contribution in [0, 0.1) is 0 Å². The Hall–Kier alpha value is -2.04. The van der Waals surface area contributed by atoms with Crippen LogP contribution in [-0.4, -0.2) is 5.91 Å². The minimum absolute atomic E-state index is 0.141. The zero-order valence-electron chi connectivity index (χ0n) is 11.9. The SMILES string of the molecule is CC(=O)Nc1ccccc1Oc1ccc(C(C)N)c(Cl)c1. The Morgan fingerprint density at radius 2 is 2.00 bits per heavy atom. The Morgan fingerprint density at radius 1 is 1.29 bits per heavy atom. The maximum Gasteiger partial charge on any atom is 0.221 e. The van der Waals surface area contributed by atoms with E-state index in [1.54, 1.807) is 24.3 Å². The van der Waals surface area contributed by atoms with Crippen LogP contribution in [0.5, 0.6) is 11.5 Å². The van der Waals surface area contributed by atoms with Crippen molar-refractivity contribution in [3.8, 4) is 11.5 Å². The number of rotatable bonds is 4. The molecule has 0 fully saturated rings. The highest BCUT2D eigenvalue weighted by Gasteiger charge is 2.09. The minimum Gasteiger partial charge on any atom is -0.455 e. The van der Waals surface area contributed by atoms with Gasteiger partial charge in [-0.05, 0) is 36.8 Å². The first-order valence-corrected chi connectivity index (χ1v) is 6.94. The Balaban J connectivity index is 2.26. The number of anilines is 1. The standard InChI is InChI=1S/C16H17ClN2O2/c1-10(18)13-8-7-12(9-14(13)17)21-16-6-4-3-5-15(16)19-11(2)20/h3-10H,18H2,1-2H3,(H,19,20). The number of carbonyl (C=O) groups excluding carboxylic acids is 1. The average molecular weight is 305 g/mol. The maximum absolute atomic E-state index is 11.2. The molecule has 1 unspecified atom stereocenters. The first-order valence-electron chi connectivity index (χ1n) is 6.57. The van der Waals surface area contributed by atoms with Crippen molar-refractivity contribution in [3.63, 3.8) is 0 Å². The molecule has 0 aliphatic carbocycles. The highest BCUT2D eigenvalue weighted by atomic mass is 35.5. The number of hydrogen-bond acceptors (Lipinski definition) is 3. The van der Waals surface area contributed by atoms with Gasteiger partial charge in [-0.1, -0.05) is 29.8 Å². The van der Waals surface area contributed by atoms with Gasteiger partial charge in [0, 0.05) is 18.0 Å². The van der Waals surface area contributed by atoms with Gasteiger partial charge in [-0.3, -0.25) is 4.79 Å². The molecule has 0 spiro atoms. The second-order valence-electron chi connectivity index (χ2n) is 4.75. The lowest BCUT2D eigenvalue weighted by Crippen LogP contribution is -2.07. The van der Waals surface area contributed by atoms with E-state index < -0.39 is 0 Å². The van der Waals surface area contributed by atoms with Crippen LogP contribution in [0.15, 0.2) is 42.5 Å². The Labute approximate surface area is 128 Å². The number of nitrogens with two attached hydrogens (primary N) is 1. The van der Waals surface area contributed by atoms with Gasteiger partial charge < -0.3 is 15.8 Å². The maximum atomic E-state index is 11.2. The molecule has 0 bridgehead atoms. The summed E-state index contributed by atoms with van der Waals surface area (Å²) in [7, 11) is 0. The summed E-state index contributed by atoms with van der Waals surface area (Å²) >= 11 is 6.18. The summed E-state index contributed by atoms with van der Waals surface area (Å²) in [6, 6.07) is 12.4. The first-order chi connectivity index (χ1) is 9.97. The third kappa shape index (κ3) is 3.97. The fraction of sp³-hybridized carbons (Fsp3) is 0.188. The zero-order valence-corrected chi connectivity index (χ0v) is 12.6. The van der Waals surface area contributed by atoms with E-state index >= 15 is 0 Å². The predicted octanol–water partition coefficient (Wildman–Crippen LogP) is 4.11. The molecule has 0 heterocycles. The third-order valence-corrected chi connectivity index (χ3v) is 3.22. The first kappa shape index (κ1) is 15.4. The van der Waals surface area contributed by atoms with E-state index in [0.29, 0.717) is 22.2 Å². The molecule has 1 atom stereocenters. The van der Waals surface area contributed by atoms with Gasteiger partial charge in [0.05, 0.1) is 5.69 Å². The number of benzene rings is 2. The van der Waals surface area contributed by atoms with Gasteiger partial charge in [-0.2, -0.15) is 0 Å². The number of ether oxygens (including phenoxy) is 1.